The summed E-state index contributed by atoms with van der Waals surface area (Å²) in [6.45, 7) is 2.07. The summed E-state index contributed by atoms with van der Waals surface area (Å²) in [6, 6.07) is 12.6. The van der Waals surface area contributed by atoms with E-state index < -0.39 is 5.91 Å². The second kappa shape index (κ2) is 8.46. The maximum atomic E-state index is 12.8. The summed E-state index contributed by atoms with van der Waals surface area (Å²) in [5, 5.41) is 12.3. The summed E-state index contributed by atoms with van der Waals surface area (Å²) in [6.07, 6.45) is 2.12. The van der Waals surface area contributed by atoms with E-state index in [1.165, 1.54) is 22.9 Å². The Labute approximate surface area is 169 Å². The molecule has 0 bridgehead atoms. The average molecular weight is 446 g/mol. The zero-order valence-corrected chi connectivity index (χ0v) is 16.8. The standard InChI is InChI=1S/C19H16BrN3O3S/c1-2-16-18(25)23(13-7-5-12(20)6-8-13)19(27-16)15(10-21)17(24)22-11-14-4-3-9-26-14/h3-9,16H,2,11H2,1H3,(H,22,24)/b19-15-. The third kappa shape index (κ3) is 4.10. The molecule has 3 rings (SSSR count). The van der Waals surface area contributed by atoms with Gasteiger partial charge in [0.05, 0.1) is 18.1 Å². The molecule has 1 fully saturated rings. The second-order valence-electron chi connectivity index (χ2n) is 5.72. The topological polar surface area (TPSA) is 86.3 Å². The van der Waals surface area contributed by atoms with Crippen LogP contribution in [-0.2, 0) is 16.1 Å². The van der Waals surface area contributed by atoms with Crippen molar-refractivity contribution in [1.82, 2.24) is 5.32 Å². The fraction of sp³-hybridized carbons (Fsp3) is 0.211. The van der Waals surface area contributed by atoms with Crippen molar-refractivity contribution in [2.45, 2.75) is 25.1 Å². The van der Waals surface area contributed by atoms with Crippen LogP contribution in [0.3, 0.4) is 0 Å². The maximum absolute atomic E-state index is 12.8. The smallest absolute Gasteiger partial charge is 0.265 e. The summed E-state index contributed by atoms with van der Waals surface area (Å²) in [7, 11) is 0. The Morgan fingerprint density at radius 1 is 1.37 bits per heavy atom. The van der Waals surface area contributed by atoms with Crippen molar-refractivity contribution >= 4 is 45.2 Å². The molecule has 1 atom stereocenters. The Kier molecular flexibility index (Phi) is 6.04. The van der Waals surface area contributed by atoms with Crippen LogP contribution in [0.15, 0.2) is 62.2 Å². The summed E-state index contributed by atoms with van der Waals surface area (Å²) in [4.78, 5) is 26.9. The molecule has 1 aliphatic heterocycles. The minimum Gasteiger partial charge on any atom is -0.467 e. The van der Waals surface area contributed by atoms with Crippen molar-refractivity contribution in [3.05, 3.63) is 63.5 Å². The van der Waals surface area contributed by atoms with Crippen LogP contribution >= 0.6 is 27.7 Å². The first kappa shape index (κ1) is 19.3. The average Bonchev–Trinajstić information content (AvgIpc) is 3.29. The van der Waals surface area contributed by atoms with Crippen LogP contribution in [0.5, 0.6) is 0 Å². The highest BCUT2D eigenvalue weighted by Crippen LogP contribution is 2.41. The zero-order chi connectivity index (χ0) is 19.4. The highest BCUT2D eigenvalue weighted by atomic mass is 79.9. The first-order valence-corrected chi connectivity index (χ1v) is 9.93. The highest BCUT2D eigenvalue weighted by molar-refractivity contribution is 9.10. The molecule has 138 valence electrons. The van der Waals surface area contributed by atoms with Crippen molar-refractivity contribution < 1.29 is 14.0 Å². The monoisotopic (exact) mass is 445 g/mol. The SMILES string of the molecule is CCC1S/C(=C(/C#N)C(=O)NCc2ccco2)N(c2ccc(Br)cc2)C1=O. The molecular formula is C19H16BrN3O3S. The third-order valence-electron chi connectivity index (χ3n) is 3.96. The molecule has 0 saturated carbocycles. The van der Waals surface area contributed by atoms with E-state index in [1.807, 2.05) is 25.1 Å². The molecule has 6 nitrogen and oxygen atoms in total. The number of hydrogen-bond donors (Lipinski definition) is 1. The van der Waals surface area contributed by atoms with Gasteiger partial charge in [0, 0.05) is 10.2 Å². The molecule has 1 saturated heterocycles. The summed E-state index contributed by atoms with van der Waals surface area (Å²) >= 11 is 4.62. The molecule has 1 aliphatic rings. The maximum Gasteiger partial charge on any atom is 0.265 e. The predicted molar refractivity (Wildman–Crippen MR) is 106 cm³/mol. The molecular weight excluding hydrogens is 430 g/mol. The van der Waals surface area contributed by atoms with Gasteiger partial charge in [-0.1, -0.05) is 34.6 Å². The number of amides is 2. The summed E-state index contributed by atoms with van der Waals surface area (Å²) in [5.41, 5.74) is 0.534. The number of carbonyl (C=O) groups is 2. The Bertz CT molecular complexity index is 917. The molecule has 1 aromatic heterocycles. The van der Waals surface area contributed by atoms with Gasteiger partial charge in [-0.05, 0) is 42.8 Å². The number of halogens is 1. The van der Waals surface area contributed by atoms with E-state index >= 15 is 0 Å². The molecule has 1 aromatic carbocycles. The lowest BCUT2D eigenvalue weighted by molar-refractivity contribution is -0.117. The fourth-order valence-electron chi connectivity index (χ4n) is 2.61. The van der Waals surface area contributed by atoms with Gasteiger partial charge in [0.15, 0.2) is 0 Å². The number of anilines is 1. The minimum absolute atomic E-state index is 0.0845. The molecule has 0 radical (unpaired) electrons. The third-order valence-corrected chi connectivity index (χ3v) is 5.92. The van der Waals surface area contributed by atoms with Gasteiger partial charge in [-0.25, -0.2) is 0 Å². The lowest BCUT2D eigenvalue weighted by Crippen LogP contribution is -2.31. The molecule has 1 N–H and O–H groups in total. The lowest BCUT2D eigenvalue weighted by Gasteiger charge is -2.18. The van der Waals surface area contributed by atoms with Gasteiger partial charge < -0.3 is 9.73 Å². The van der Waals surface area contributed by atoms with E-state index in [1.54, 1.807) is 24.3 Å². The van der Waals surface area contributed by atoms with E-state index in [4.69, 9.17) is 4.42 Å². The highest BCUT2D eigenvalue weighted by Gasteiger charge is 2.39. The largest absolute Gasteiger partial charge is 0.467 e. The first-order valence-electron chi connectivity index (χ1n) is 8.26. The molecule has 0 aliphatic carbocycles. The number of hydrogen-bond acceptors (Lipinski definition) is 5. The van der Waals surface area contributed by atoms with Gasteiger partial charge in [-0.15, -0.1) is 0 Å². The first-order chi connectivity index (χ1) is 13.0. The van der Waals surface area contributed by atoms with Crippen molar-refractivity contribution in [3.63, 3.8) is 0 Å². The molecule has 2 amide bonds. The van der Waals surface area contributed by atoms with E-state index in [-0.39, 0.29) is 23.3 Å². The van der Waals surface area contributed by atoms with Crippen LogP contribution in [0.1, 0.15) is 19.1 Å². The molecule has 2 aromatic rings. The van der Waals surface area contributed by atoms with Crippen LogP contribution in [0.2, 0.25) is 0 Å². The van der Waals surface area contributed by atoms with E-state index in [0.29, 0.717) is 22.9 Å². The Balaban J connectivity index is 1.94. The van der Waals surface area contributed by atoms with Crippen LogP contribution in [0, 0.1) is 11.3 Å². The Hall–Kier alpha value is -2.50. The van der Waals surface area contributed by atoms with Crippen LogP contribution in [0.4, 0.5) is 5.69 Å². The van der Waals surface area contributed by atoms with Gasteiger partial charge in [-0.3, -0.25) is 14.5 Å². The van der Waals surface area contributed by atoms with Crippen LogP contribution < -0.4 is 10.2 Å². The normalized spacial score (nSPS) is 18.3. The van der Waals surface area contributed by atoms with E-state index in [2.05, 4.69) is 21.2 Å². The summed E-state index contributed by atoms with van der Waals surface area (Å²) in [5.74, 6) is -0.0912. The number of benzene rings is 1. The second-order valence-corrected chi connectivity index (χ2v) is 7.83. The van der Waals surface area contributed by atoms with Crippen LogP contribution in [-0.4, -0.2) is 17.1 Å². The molecule has 27 heavy (non-hydrogen) atoms. The van der Waals surface area contributed by atoms with Gasteiger partial charge >= 0.3 is 0 Å². The minimum atomic E-state index is -0.539. The summed E-state index contributed by atoms with van der Waals surface area (Å²) < 4.78 is 6.06. The Morgan fingerprint density at radius 2 is 2.11 bits per heavy atom. The number of carbonyl (C=O) groups excluding carboxylic acids is 2. The number of nitrogens with zero attached hydrogens (tertiary/aromatic N) is 2. The molecule has 8 heteroatoms. The quantitative estimate of drug-likeness (QED) is 0.555. The van der Waals surface area contributed by atoms with E-state index in [0.717, 1.165) is 4.47 Å². The van der Waals surface area contributed by atoms with Crippen LogP contribution in [0.25, 0.3) is 0 Å². The molecule has 1 unspecified atom stereocenters. The number of nitriles is 1. The predicted octanol–water partition coefficient (Wildman–Crippen LogP) is 3.95. The number of furan rings is 1. The number of rotatable bonds is 5. The van der Waals surface area contributed by atoms with Gasteiger partial charge in [0.1, 0.15) is 22.4 Å². The zero-order valence-electron chi connectivity index (χ0n) is 14.4. The van der Waals surface area contributed by atoms with Gasteiger partial charge in [-0.2, -0.15) is 5.26 Å². The number of nitrogens with one attached hydrogen (secondary N) is 1. The Morgan fingerprint density at radius 3 is 2.70 bits per heavy atom. The molecule has 0 spiro atoms. The fourth-order valence-corrected chi connectivity index (χ4v) is 4.07. The van der Waals surface area contributed by atoms with Crippen molar-refractivity contribution in [2.75, 3.05) is 4.90 Å². The van der Waals surface area contributed by atoms with Gasteiger partial charge in [0.25, 0.3) is 5.91 Å². The lowest BCUT2D eigenvalue weighted by atomic mass is 10.2. The van der Waals surface area contributed by atoms with Gasteiger partial charge in [0.2, 0.25) is 5.91 Å². The van der Waals surface area contributed by atoms with E-state index in [9.17, 15) is 14.9 Å². The van der Waals surface area contributed by atoms with Crippen molar-refractivity contribution in [2.24, 2.45) is 0 Å². The van der Waals surface area contributed by atoms with Crippen molar-refractivity contribution in [1.29, 1.82) is 5.26 Å². The van der Waals surface area contributed by atoms with Crippen molar-refractivity contribution in [3.8, 4) is 6.07 Å². The number of thioether (sulfide) groups is 1. The molecule has 2 heterocycles.